The van der Waals surface area contributed by atoms with Gasteiger partial charge in [-0.25, -0.2) is 4.98 Å². The van der Waals surface area contributed by atoms with Crippen molar-refractivity contribution in [3.05, 3.63) is 59.3 Å². The molecule has 3 fully saturated rings. The van der Waals surface area contributed by atoms with E-state index in [-0.39, 0.29) is 24.6 Å². The highest BCUT2D eigenvalue weighted by Crippen LogP contribution is 2.50. The van der Waals surface area contributed by atoms with Gasteiger partial charge >= 0.3 is 0 Å². The molecule has 1 aromatic carbocycles. The average Bonchev–Trinajstić information content (AvgIpc) is 3.59. The quantitative estimate of drug-likeness (QED) is 0.728. The highest BCUT2D eigenvalue weighted by atomic mass is 16.5. The van der Waals surface area contributed by atoms with Crippen LogP contribution in [-0.2, 0) is 15.1 Å². The van der Waals surface area contributed by atoms with Crippen molar-refractivity contribution in [2.75, 3.05) is 24.6 Å². The van der Waals surface area contributed by atoms with Crippen LogP contribution in [0.2, 0.25) is 0 Å². The molecular weight excluding hydrogens is 402 g/mol. The van der Waals surface area contributed by atoms with Crippen LogP contribution < -0.4 is 4.90 Å². The minimum absolute atomic E-state index is 0.00208. The van der Waals surface area contributed by atoms with E-state index < -0.39 is 5.60 Å². The van der Waals surface area contributed by atoms with E-state index in [9.17, 15) is 10.1 Å². The molecule has 5 rings (SSSR count). The Kier molecular flexibility index (Phi) is 5.07. The topological polar surface area (TPSA) is 93.2 Å². The molecule has 1 saturated carbocycles. The molecule has 2 unspecified atom stereocenters. The summed E-state index contributed by atoms with van der Waals surface area (Å²) in [5.74, 6) is 1.33. The normalized spacial score (nSPS) is 25.2. The van der Waals surface area contributed by atoms with Crippen LogP contribution in [0.25, 0.3) is 0 Å². The molecule has 2 bridgehead atoms. The largest absolute Gasteiger partial charge is 0.360 e. The third-order valence-electron chi connectivity index (χ3n) is 7.10. The third-order valence-corrected chi connectivity index (χ3v) is 7.10. The van der Waals surface area contributed by atoms with Crippen LogP contribution in [0, 0.1) is 28.6 Å². The van der Waals surface area contributed by atoms with E-state index in [0.717, 1.165) is 30.6 Å². The minimum Gasteiger partial charge on any atom is -0.360 e. The number of carbonyl (C=O) groups excluding carboxylic acids is 1. The molecule has 7 heteroatoms. The molecule has 0 spiro atoms. The van der Waals surface area contributed by atoms with Crippen LogP contribution in [0.1, 0.15) is 42.9 Å². The maximum Gasteiger partial charge on any atom is 0.248 e. The maximum atomic E-state index is 13.1. The van der Waals surface area contributed by atoms with Gasteiger partial charge in [0.05, 0.1) is 28.8 Å². The van der Waals surface area contributed by atoms with E-state index in [1.807, 2.05) is 29.2 Å². The molecule has 3 atom stereocenters. The summed E-state index contributed by atoms with van der Waals surface area (Å²) >= 11 is 0. The van der Waals surface area contributed by atoms with Crippen LogP contribution in [-0.4, -0.2) is 47.6 Å². The number of fused-ring (bicyclic) bond motifs is 2. The van der Waals surface area contributed by atoms with E-state index >= 15 is 0 Å². The molecular formula is C25H25N5O2. The summed E-state index contributed by atoms with van der Waals surface area (Å²) in [4.78, 5) is 21.8. The standard InChI is InChI=1S/C25H25N5O2/c1-17-10-20-14-29(15-22(17)30(20)23-7-6-18(11-26)13-28-23)24(31)16-32-25(8-9-25)21-5-3-2-4-19(21)12-27/h2-7,13,17,20,22H,8-10,14-16H2,1H3/t17-,20?,22?/m0/s1. The first-order valence-electron chi connectivity index (χ1n) is 11.1. The van der Waals surface area contributed by atoms with E-state index in [0.29, 0.717) is 30.1 Å². The van der Waals surface area contributed by atoms with Gasteiger partial charge in [0.2, 0.25) is 5.91 Å². The number of carbonyl (C=O) groups is 1. The fourth-order valence-corrected chi connectivity index (χ4v) is 5.27. The molecule has 162 valence electrons. The van der Waals surface area contributed by atoms with Crippen molar-refractivity contribution >= 4 is 11.7 Å². The second-order valence-corrected chi connectivity index (χ2v) is 9.10. The molecule has 1 aromatic heterocycles. The van der Waals surface area contributed by atoms with E-state index in [2.05, 4.69) is 28.9 Å². The summed E-state index contributed by atoms with van der Waals surface area (Å²) in [7, 11) is 0. The van der Waals surface area contributed by atoms with Crippen LogP contribution in [0.15, 0.2) is 42.6 Å². The molecule has 0 radical (unpaired) electrons. The molecule has 1 amide bonds. The Morgan fingerprint density at radius 2 is 2.00 bits per heavy atom. The molecule has 2 saturated heterocycles. The first-order valence-corrected chi connectivity index (χ1v) is 11.1. The number of rotatable bonds is 5. The Morgan fingerprint density at radius 1 is 1.19 bits per heavy atom. The molecule has 2 aromatic rings. The smallest absolute Gasteiger partial charge is 0.248 e. The van der Waals surface area contributed by atoms with Crippen molar-refractivity contribution in [3.63, 3.8) is 0 Å². The van der Waals surface area contributed by atoms with E-state index in [4.69, 9.17) is 10.00 Å². The zero-order valence-electron chi connectivity index (χ0n) is 18.1. The molecule has 1 aliphatic carbocycles. The maximum absolute atomic E-state index is 13.1. The van der Waals surface area contributed by atoms with Crippen molar-refractivity contribution < 1.29 is 9.53 Å². The van der Waals surface area contributed by atoms with Gasteiger partial charge < -0.3 is 14.5 Å². The molecule has 32 heavy (non-hydrogen) atoms. The minimum atomic E-state index is -0.498. The monoisotopic (exact) mass is 427 g/mol. The Balaban J connectivity index is 1.26. The van der Waals surface area contributed by atoms with Crippen molar-refractivity contribution in [1.82, 2.24) is 9.88 Å². The summed E-state index contributed by atoms with van der Waals surface area (Å²) in [6.45, 7) is 3.54. The highest BCUT2D eigenvalue weighted by Gasteiger charge is 2.49. The number of likely N-dealkylation sites (tertiary alicyclic amines) is 1. The number of nitrogens with zero attached hydrogens (tertiary/aromatic N) is 5. The molecule has 2 aliphatic heterocycles. The Hall–Kier alpha value is -3.42. The number of piperazine rings is 1. The number of nitriles is 2. The van der Waals surface area contributed by atoms with Crippen LogP contribution >= 0.6 is 0 Å². The zero-order valence-corrected chi connectivity index (χ0v) is 18.1. The molecule has 7 nitrogen and oxygen atoms in total. The van der Waals surface area contributed by atoms with Gasteiger partial charge in [-0.2, -0.15) is 10.5 Å². The summed E-state index contributed by atoms with van der Waals surface area (Å²) in [6.07, 6.45) is 4.29. The van der Waals surface area contributed by atoms with Gasteiger partial charge in [0.1, 0.15) is 18.5 Å². The average molecular weight is 428 g/mol. The Morgan fingerprint density at radius 3 is 2.66 bits per heavy atom. The van der Waals surface area contributed by atoms with Crippen LogP contribution in [0.5, 0.6) is 0 Å². The van der Waals surface area contributed by atoms with Gasteiger partial charge in [-0.15, -0.1) is 0 Å². The van der Waals surface area contributed by atoms with Crippen LogP contribution in [0.4, 0.5) is 5.82 Å². The van der Waals surface area contributed by atoms with Crippen molar-refractivity contribution in [1.29, 1.82) is 10.5 Å². The highest BCUT2D eigenvalue weighted by molar-refractivity contribution is 5.78. The lowest BCUT2D eigenvalue weighted by molar-refractivity contribution is -0.140. The number of ether oxygens (including phenoxy) is 1. The van der Waals surface area contributed by atoms with Crippen LogP contribution in [0.3, 0.4) is 0 Å². The van der Waals surface area contributed by atoms with E-state index in [1.54, 1.807) is 18.3 Å². The second-order valence-electron chi connectivity index (χ2n) is 9.10. The van der Waals surface area contributed by atoms with Gasteiger partial charge in [0.25, 0.3) is 0 Å². The summed E-state index contributed by atoms with van der Waals surface area (Å²) in [5.41, 5.74) is 1.56. The fraction of sp³-hybridized carbons (Fsp3) is 0.440. The lowest BCUT2D eigenvalue weighted by Gasteiger charge is -2.42. The van der Waals surface area contributed by atoms with E-state index in [1.165, 1.54) is 0 Å². The predicted octanol–water partition coefficient (Wildman–Crippen LogP) is 2.96. The van der Waals surface area contributed by atoms with Gasteiger partial charge in [-0.1, -0.05) is 25.1 Å². The van der Waals surface area contributed by atoms with Gasteiger partial charge in [-0.3, -0.25) is 4.79 Å². The first kappa shape index (κ1) is 20.5. The number of hydrogen-bond acceptors (Lipinski definition) is 6. The molecule has 3 heterocycles. The number of pyridine rings is 1. The van der Waals surface area contributed by atoms with Gasteiger partial charge in [0, 0.05) is 30.9 Å². The number of benzene rings is 1. The summed E-state index contributed by atoms with van der Waals surface area (Å²) in [6, 6.07) is 16.0. The molecule has 3 aliphatic rings. The SMILES string of the molecule is C[C@H]1CC2CN(C(=O)COC3(c4ccccc4C#N)CC3)CC1N2c1ccc(C#N)cn1. The molecule has 0 N–H and O–H groups in total. The predicted molar refractivity (Wildman–Crippen MR) is 117 cm³/mol. The fourth-order valence-electron chi connectivity index (χ4n) is 5.27. The lowest BCUT2D eigenvalue weighted by Crippen LogP contribution is -2.57. The first-order chi connectivity index (χ1) is 15.5. The van der Waals surface area contributed by atoms with Crippen molar-refractivity contribution in [2.45, 2.75) is 43.9 Å². The Bertz CT molecular complexity index is 1110. The summed E-state index contributed by atoms with van der Waals surface area (Å²) < 4.78 is 6.14. The zero-order chi connectivity index (χ0) is 22.3. The van der Waals surface area contributed by atoms with Gasteiger partial charge in [0.15, 0.2) is 0 Å². The number of amides is 1. The van der Waals surface area contributed by atoms with Crippen molar-refractivity contribution in [2.24, 2.45) is 5.92 Å². The number of aromatic nitrogens is 1. The van der Waals surface area contributed by atoms with Crippen molar-refractivity contribution in [3.8, 4) is 12.1 Å². The number of anilines is 1. The lowest BCUT2D eigenvalue weighted by atomic mass is 10.0. The second kappa shape index (κ2) is 7.93. The van der Waals surface area contributed by atoms with Gasteiger partial charge in [-0.05, 0) is 43.4 Å². The Labute approximate surface area is 187 Å². The summed E-state index contributed by atoms with van der Waals surface area (Å²) in [5, 5.41) is 18.5. The number of hydrogen-bond donors (Lipinski definition) is 0. The third kappa shape index (κ3) is 3.49.